The van der Waals surface area contributed by atoms with Gasteiger partial charge in [0.15, 0.2) is 0 Å². The lowest BCUT2D eigenvalue weighted by Crippen LogP contribution is -2.28. The summed E-state index contributed by atoms with van der Waals surface area (Å²) in [6.07, 6.45) is 2.36. The number of halogens is 1. The standard InChI is InChI=1S/C29H25FN8O3S/c1-17-5-3-8-24-25(17)29(39)38(22-7-4-6-19(13-22)14-35-42(40)41)28(37-24)18(2)36-27-23(26(31)33-16-34-27)12-11-21-10-9-20(30)15-32-21/h3-10,13,15-16,18,35H,14H2,1-2H3,(H,40,41)(H3,31,33,34,36). The van der Waals surface area contributed by atoms with Gasteiger partial charge in [-0.2, -0.15) is 0 Å². The zero-order chi connectivity index (χ0) is 29.8. The zero-order valence-corrected chi connectivity index (χ0v) is 23.3. The lowest BCUT2D eigenvalue weighted by Gasteiger charge is -2.21. The lowest BCUT2D eigenvalue weighted by atomic mass is 10.1. The number of rotatable bonds is 7. The van der Waals surface area contributed by atoms with Crippen molar-refractivity contribution in [3.63, 3.8) is 0 Å². The predicted octanol–water partition coefficient (Wildman–Crippen LogP) is 3.40. The summed E-state index contributed by atoms with van der Waals surface area (Å²) in [5, 5.41) is 3.73. The molecule has 2 aromatic carbocycles. The summed E-state index contributed by atoms with van der Waals surface area (Å²) in [4.78, 5) is 31.2. The van der Waals surface area contributed by atoms with Crippen molar-refractivity contribution in [1.82, 2.24) is 29.2 Å². The Labute approximate surface area is 242 Å². The second kappa shape index (κ2) is 12.2. The maximum atomic E-state index is 14.0. The highest BCUT2D eigenvalue weighted by Gasteiger charge is 2.21. The summed E-state index contributed by atoms with van der Waals surface area (Å²) in [5.41, 5.74) is 9.00. The van der Waals surface area contributed by atoms with Gasteiger partial charge in [-0.25, -0.2) is 33.3 Å². The molecule has 0 bridgehead atoms. The molecule has 3 heterocycles. The van der Waals surface area contributed by atoms with E-state index >= 15 is 0 Å². The molecule has 212 valence electrons. The van der Waals surface area contributed by atoms with E-state index in [0.29, 0.717) is 45.1 Å². The highest BCUT2D eigenvalue weighted by atomic mass is 32.2. The first kappa shape index (κ1) is 28.5. The van der Waals surface area contributed by atoms with Crippen molar-refractivity contribution in [2.45, 2.75) is 26.4 Å². The molecule has 0 spiro atoms. The smallest absolute Gasteiger partial charge is 0.266 e. The van der Waals surface area contributed by atoms with E-state index in [1.165, 1.54) is 23.0 Å². The molecule has 2 unspecified atom stereocenters. The second-order valence-corrected chi connectivity index (χ2v) is 10.1. The average Bonchev–Trinajstić information content (AvgIpc) is 2.96. The van der Waals surface area contributed by atoms with Gasteiger partial charge in [0.05, 0.1) is 28.8 Å². The Morgan fingerprint density at radius 1 is 1.12 bits per heavy atom. The minimum Gasteiger partial charge on any atom is -0.382 e. The number of pyridine rings is 1. The molecule has 42 heavy (non-hydrogen) atoms. The third-order valence-electron chi connectivity index (χ3n) is 6.36. The summed E-state index contributed by atoms with van der Waals surface area (Å²) < 4.78 is 37.5. The van der Waals surface area contributed by atoms with Crippen molar-refractivity contribution in [2.24, 2.45) is 0 Å². The molecule has 3 aromatic heterocycles. The van der Waals surface area contributed by atoms with Crippen LogP contribution in [-0.4, -0.2) is 33.3 Å². The first-order valence-corrected chi connectivity index (χ1v) is 13.8. The number of nitrogens with two attached hydrogens (primary N) is 1. The number of nitrogens with zero attached hydrogens (tertiary/aromatic N) is 5. The third-order valence-corrected chi connectivity index (χ3v) is 6.75. The molecule has 5 N–H and O–H groups in total. The zero-order valence-electron chi connectivity index (χ0n) is 22.5. The highest BCUT2D eigenvalue weighted by molar-refractivity contribution is 7.77. The van der Waals surface area contributed by atoms with Crippen molar-refractivity contribution in [2.75, 3.05) is 11.1 Å². The van der Waals surface area contributed by atoms with E-state index in [1.807, 2.05) is 26.0 Å². The fraction of sp³-hybridized carbons (Fsp3) is 0.138. The third kappa shape index (κ3) is 6.16. The molecule has 13 heteroatoms. The van der Waals surface area contributed by atoms with E-state index in [0.717, 1.165) is 11.8 Å². The van der Waals surface area contributed by atoms with E-state index in [4.69, 9.17) is 15.3 Å². The number of fused-ring (bicyclic) bond motifs is 1. The number of anilines is 2. The SMILES string of the molecule is Cc1cccc2nc(C(C)Nc3ncnc(N)c3C#Cc3ccc(F)cn3)n(-c3cccc(CNS(=O)O)c3)c(=O)c12. The number of aryl methyl sites for hydroxylation is 1. The number of nitrogen functional groups attached to an aromatic ring is 1. The lowest BCUT2D eigenvalue weighted by molar-refractivity contribution is 0.548. The van der Waals surface area contributed by atoms with Gasteiger partial charge in [-0.05, 0) is 61.2 Å². The van der Waals surface area contributed by atoms with Crippen molar-refractivity contribution >= 4 is 33.8 Å². The Balaban J connectivity index is 1.60. The number of benzene rings is 2. The Kier molecular flexibility index (Phi) is 8.30. The average molecular weight is 585 g/mol. The monoisotopic (exact) mass is 584 g/mol. The molecule has 11 nitrogen and oxygen atoms in total. The number of aromatic nitrogens is 5. The first-order chi connectivity index (χ1) is 20.2. The van der Waals surface area contributed by atoms with Gasteiger partial charge >= 0.3 is 0 Å². The van der Waals surface area contributed by atoms with Crippen molar-refractivity contribution < 1.29 is 13.2 Å². The summed E-state index contributed by atoms with van der Waals surface area (Å²) in [6.45, 7) is 3.77. The summed E-state index contributed by atoms with van der Waals surface area (Å²) >= 11 is -2.19. The first-order valence-electron chi connectivity index (χ1n) is 12.7. The van der Waals surface area contributed by atoms with E-state index in [1.54, 1.807) is 30.3 Å². The molecule has 0 aliphatic rings. The molecule has 0 saturated heterocycles. The van der Waals surface area contributed by atoms with Crippen molar-refractivity contribution in [3.8, 4) is 17.5 Å². The van der Waals surface area contributed by atoms with E-state index < -0.39 is 23.1 Å². The molecule has 5 rings (SSSR count). The Morgan fingerprint density at radius 3 is 2.69 bits per heavy atom. The van der Waals surface area contributed by atoms with Crippen LogP contribution in [0.3, 0.4) is 0 Å². The van der Waals surface area contributed by atoms with Gasteiger partial charge in [0.2, 0.25) is 11.3 Å². The van der Waals surface area contributed by atoms with Crippen molar-refractivity contribution in [1.29, 1.82) is 0 Å². The molecule has 0 aliphatic heterocycles. The van der Waals surface area contributed by atoms with Crippen LogP contribution in [-0.2, 0) is 17.8 Å². The molecular formula is C29H25FN8O3S. The number of hydrogen-bond acceptors (Lipinski definition) is 8. The van der Waals surface area contributed by atoms with Gasteiger partial charge in [0, 0.05) is 6.54 Å². The van der Waals surface area contributed by atoms with Gasteiger partial charge in [0.25, 0.3) is 5.56 Å². The minimum absolute atomic E-state index is 0.111. The van der Waals surface area contributed by atoms with Crippen LogP contribution in [0.5, 0.6) is 0 Å². The van der Waals surface area contributed by atoms with Crippen LogP contribution in [0.1, 0.15) is 41.2 Å². The van der Waals surface area contributed by atoms with Gasteiger partial charge in [-0.1, -0.05) is 30.2 Å². The fourth-order valence-corrected chi connectivity index (χ4v) is 4.67. The van der Waals surface area contributed by atoms with Crippen LogP contribution < -0.4 is 21.3 Å². The topological polar surface area (TPSA) is 161 Å². The van der Waals surface area contributed by atoms with Crippen molar-refractivity contribution in [3.05, 3.63) is 112 Å². The van der Waals surface area contributed by atoms with E-state index in [-0.39, 0.29) is 17.9 Å². The highest BCUT2D eigenvalue weighted by Crippen LogP contribution is 2.25. The number of hydrogen-bond donors (Lipinski definition) is 4. The maximum Gasteiger partial charge on any atom is 0.266 e. The second-order valence-electron chi connectivity index (χ2n) is 9.28. The predicted molar refractivity (Wildman–Crippen MR) is 158 cm³/mol. The summed E-state index contributed by atoms with van der Waals surface area (Å²) in [6, 6.07) is 14.6. The van der Waals surface area contributed by atoms with Crippen LogP contribution >= 0.6 is 0 Å². The van der Waals surface area contributed by atoms with Gasteiger partial charge in [0.1, 0.15) is 40.9 Å². The molecule has 0 saturated carbocycles. The fourth-order valence-electron chi connectivity index (χ4n) is 4.38. The minimum atomic E-state index is -2.19. The number of nitrogens with one attached hydrogen (secondary N) is 2. The van der Waals surface area contributed by atoms with Crippen LogP contribution in [0.25, 0.3) is 16.6 Å². The van der Waals surface area contributed by atoms with Crippen LogP contribution in [0.2, 0.25) is 0 Å². The van der Waals surface area contributed by atoms with Crippen LogP contribution in [0.15, 0.2) is 71.9 Å². The van der Waals surface area contributed by atoms with Gasteiger partial charge in [-0.15, -0.1) is 0 Å². The Bertz CT molecular complexity index is 1940. The molecule has 5 aromatic rings. The van der Waals surface area contributed by atoms with Crippen LogP contribution in [0.4, 0.5) is 16.0 Å². The Morgan fingerprint density at radius 2 is 1.93 bits per heavy atom. The van der Waals surface area contributed by atoms with Gasteiger partial charge in [-0.3, -0.25) is 13.9 Å². The van der Waals surface area contributed by atoms with Crippen LogP contribution in [0, 0.1) is 24.6 Å². The normalized spacial score (nSPS) is 12.4. The molecule has 0 radical (unpaired) electrons. The van der Waals surface area contributed by atoms with E-state index in [2.05, 4.69) is 36.8 Å². The molecule has 0 amide bonds. The summed E-state index contributed by atoms with van der Waals surface area (Å²) in [7, 11) is 0. The summed E-state index contributed by atoms with van der Waals surface area (Å²) in [5.74, 6) is 6.08. The molecule has 0 fully saturated rings. The van der Waals surface area contributed by atoms with E-state index in [9.17, 15) is 13.4 Å². The molecule has 0 aliphatic carbocycles. The van der Waals surface area contributed by atoms with Gasteiger partial charge < -0.3 is 11.1 Å². The maximum absolute atomic E-state index is 14.0. The Hall–Kier alpha value is -5.03. The molecule has 2 atom stereocenters. The largest absolute Gasteiger partial charge is 0.382 e. The quantitative estimate of drug-likeness (QED) is 0.166. The molecular weight excluding hydrogens is 559 g/mol.